The molecule has 21 heavy (non-hydrogen) atoms. The number of nitrogens with one attached hydrogen (secondary N) is 1. The van der Waals surface area contributed by atoms with Crippen molar-refractivity contribution in [2.24, 2.45) is 0 Å². The van der Waals surface area contributed by atoms with Crippen LogP contribution in [0.25, 0.3) is 0 Å². The molecule has 0 spiro atoms. The summed E-state index contributed by atoms with van der Waals surface area (Å²) in [7, 11) is 0. The number of halogens is 2. The van der Waals surface area contributed by atoms with Gasteiger partial charge in [-0.1, -0.05) is 6.07 Å². The Hall–Kier alpha value is -2.08. The van der Waals surface area contributed by atoms with Gasteiger partial charge in [-0.3, -0.25) is 4.79 Å². The predicted molar refractivity (Wildman–Crippen MR) is 81.2 cm³/mol. The highest BCUT2D eigenvalue weighted by Crippen LogP contribution is 2.23. The van der Waals surface area contributed by atoms with Crippen molar-refractivity contribution in [1.82, 2.24) is 0 Å². The van der Waals surface area contributed by atoms with E-state index < -0.39 is 11.6 Å². The second-order valence-electron chi connectivity index (χ2n) is 4.35. The summed E-state index contributed by atoms with van der Waals surface area (Å²) >= 11 is 1.17. The molecule has 0 unspecified atom stereocenters. The van der Waals surface area contributed by atoms with Gasteiger partial charge < -0.3 is 11.1 Å². The van der Waals surface area contributed by atoms with Gasteiger partial charge in [-0.15, -0.1) is 11.8 Å². The highest BCUT2D eigenvalue weighted by atomic mass is 32.2. The molecule has 0 aliphatic rings. The molecule has 0 saturated heterocycles. The molecule has 0 atom stereocenters. The summed E-state index contributed by atoms with van der Waals surface area (Å²) in [6.45, 7) is 0. The summed E-state index contributed by atoms with van der Waals surface area (Å²) in [5.74, 6) is -1.01. The summed E-state index contributed by atoms with van der Waals surface area (Å²) in [5, 5.41) is 2.71. The van der Waals surface area contributed by atoms with Gasteiger partial charge in [-0.05, 0) is 30.3 Å². The molecule has 0 aliphatic heterocycles. The molecule has 0 heterocycles. The van der Waals surface area contributed by atoms with Crippen molar-refractivity contribution in [1.29, 1.82) is 0 Å². The van der Waals surface area contributed by atoms with Gasteiger partial charge in [0.15, 0.2) is 0 Å². The number of hydrogen-bond acceptors (Lipinski definition) is 3. The first-order valence-corrected chi connectivity index (χ1v) is 7.26. The van der Waals surface area contributed by atoms with Crippen LogP contribution in [0.15, 0.2) is 47.4 Å². The summed E-state index contributed by atoms with van der Waals surface area (Å²) in [6.07, 6.45) is 0.219. The van der Waals surface area contributed by atoms with Crippen molar-refractivity contribution in [3.05, 3.63) is 54.1 Å². The van der Waals surface area contributed by atoms with Crippen LogP contribution in [0.1, 0.15) is 6.42 Å². The van der Waals surface area contributed by atoms with Crippen LogP contribution in [0.5, 0.6) is 0 Å². The molecule has 0 saturated carbocycles. The van der Waals surface area contributed by atoms with E-state index in [0.29, 0.717) is 22.0 Å². The Morgan fingerprint density at radius 3 is 2.71 bits per heavy atom. The van der Waals surface area contributed by atoms with E-state index in [1.807, 2.05) is 0 Å². The first kappa shape index (κ1) is 15.3. The van der Waals surface area contributed by atoms with Crippen LogP contribution in [0, 0.1) is 11.6 Å². The summed E-state index contributed by atoms with van der Waals surface area (Å²) in [4.78, 5) is 12.1. The van der Waals surface area contributed by atoms with E-state index in [1.165, 1.54) is 23.9 Å². The lowest BCUT2D eigenvalue weighted by atomic mass is 10.3. The normalized spacial score (nSPS) is 10.4. The Morgan fingerprint density at radius 1 is 1.19 bits per heavy atom. The topological polar surface area (TPSA) is 55.1 Å². The van der Waals surface area contributed by atoms with Gasteiger partial charge in [0.1, 0.15) is 11.6 Å². The Kier molecular flexibility index (Phi) is 5.16. The Balaban J connectivity index is 1.81. The van der Waals surface area contributed by atoms with E-state index in [9.17, 15) is 13.6 Å². The maximum atomic E-state index is 13.4. The fourth-order valence-corrected chi connectivity index (χ4v) is 2.55. The van der Waals surface area contributed by atoms with Crippen molar-refractivity contribution in [2.45, 2.75) is 11.3 Å². The second-order valence-corrected chi connectivity index (χ2v) is 5.48. The fourth-order valence-electron chi connectivity index (χ4n) is 1.69. The van der Waals surface area contributed by atoms with Crippen molar-refractivity contribution < 1.29 is 13.6 Å². The van der Waals surface area contributed by atoms with Gasteiger partial charge in [0.2, 0.25) is 5.91 Å². The highest BCUT2D eigenvalue weighted by molar-refractivity contribution is 7.99. The molecular weight excluding hydrogens is 294 g/mol. The van der Waals surface area contributed by atoms with Gasteiger partial charge in [-0.25, -0.2) is 8.78 Å². The van der Waals surface area contributed by atoms with Crippen molar-refractivity contribution in [3.63, 3.8) is 0 Å². The van der Waals surface area contributed by atoms with Gasteiger partial charge in [0.25, 0.3) is 0 Å². The smallest absolute Gasteiger partial charge is 0.225 e. The third-order valence-electron chi connectivity index (χ3n) is 2.65. The number of anilines is 2. The molecule has 3 N–H and O–H groups in total. The van der Waals surface area contributed by atoms with E-state index in [-0.39, 0.29) is 12.3 Å². The third-order valence-corrected chi connectivity index (χ3v) is 3.70. The predicted octanol–water partition coefficient (Wildman–Crippen LogP) is 3.67. The number of amides is 1. The number of carbonyl (C=O) groups excluding carboxylic acids is 1. The van der Waals surface area contributed by atoms with Crippen LogP contribution in [0.4, 0.5) is 20.2 Å². The van der Waals surface area contributed by atoms with Gasteiger partial charge in [0.05, 0.1) is 0 Å². The molecule has 1 amide bonds. The molecule has 0 aromatic heterocycles. The molecule has 2 aromatic rings. The zero-order valence-electron chi connectivity index (χ0n) is 11.1. The zero-order valence-corrected chi connectivity index (χ0v) is 11.9. The molecule has 6 heteroatoms. The Bertz CT molecular complexity index is 649. The lowest BCUT2D eigenvalue weighted by Crippen LogP contribution is -2.12. The summed E-state index contributed by atoms with van der Waals surface area (Å²) < 4.78 is 26.1. The number of rotatable bonds is 5. The van der Waals surface area contributed by atoms with Crippen LogP contribution >= 0.6 is 11.8 Å². The molecule has 0 radical (unpaired) electrons. The Labute approximate surface area is 125 Å². The van der Waals surface area contributed by atoms with Crippen LogP contribution in [0.3, 0.4) is 0 Å². The lowest BCUT2D eigenvalue weighted by Gasteiger charge is -2.06. The summed E-state index contributed by atoms with van der Waals surface area (Å²) in [5.41, 5.74) is 6.80. The van der Waals surface area contributed by atoms with Crippen LogP contribution in [0.2, 0.25) is 0 Å². The minimum absolute atomic E-state index is 0.185. The fraction of sp³-hybridized carbons (Fsp3) is 0.133. The Morgan fingerprint density at radius 2 is 2.00 bits per heavy atom. The quantitative estimate of drug-likeness (QED) is 0.654. The third kappa shape index (κ3) is 4.75. The summed E-state index contributed by atoms with van der Waals surface area (Å²) in [6, 6.07) is 10.3. The molecule has 0 fully saturated rings. The first-order chi connectivity index (χ1) is 10.0. The van der Waals surface area contributed by atoms with Gasteiger partial charge in [-0.2, -0.15) is 0 Å². The maximum absolute atomic E-state index is 13.4. The number of nitrogen functional groups attached to an aromatic ring is 1. The van der Waals surface area contributed by atoms with Crippen molar-refractivity contribution in [2.75, 3.05) is 16.8 Å². The lowest BCUT2D eigenvalue weighted by molar-refractivity contribution is -0.115. The van der Waals surface area contributed by atoms with E-state index in [2.05, 4.69) is 5.32 Å². The minimum atomic E-state index is -0.615. The average molecular weight is 308 g/mol. The molecule has 2 aromatic carbocycles. The number of benzene rings is 2. The molecule has 0 bridgehead atoms. The number of carbonyl (C=O) groups is 1. The molecule has 2 rings (SSSR count). The first-order valence-electron chi connectivity index (χ1n) is 6.28. The number of hydrogen-bond donors (Lipinski definition) is 2. The van der Waals surface area contributed by atoms with Crippen molar-refractivity contribution in [3.8, 4) is 0 Å². The zero-order chi connectivity index (χ0) is 15.2. The van der Waals surface area contributed by atoms with E-state index in [4.69, 9.17) is 5.73 Å². The average Bonchev–Trinajstić information content (AvgIpc) is 2.41. The SMILES string of the molecule is Nc1cccc(NC(=O)CCSc2ccc(F)cc2F)c1. The standard InChI is InChI=1S/C15H14F2N2OS/c16-10-4-5-14(13(17)8-10)21-7-6-15(20)19-12-3-1-2-11(18)9-12/h1-5,8-9H,6-7,18H2,(H,19,20). The molecule has 0 aliphatic carbocycles. The largest absolute Gasteiger partial charge is 0.399 e. The molecule has 3 nitrogen and oxygen atoms in total. The van der Waals surface area contributed by atoms with Gasteiger partial charge >= 0.3 is 0 Å². The molecular formula is C15H14F2N2OS. The van der Waals surface area contributed by atoms with E-state index in [0.717, 1.165) is 6.07 Å². The van der Waals surface area contributed by atoms with Crippen LogP contribution < -0.4 is 11.1 Å². The monoisotopic (exact) mass is 308 g/mol. The van der Waals surface area contributed by atoms with Gasteiger partial charge in [0, 0.05) is 34.5 Å². The molecule has 110 valence electrons. The van der Waals surface area contributed by atoms with Crippen LogP contribution in [-0.2, 0) is 4.79 Å². The van der Waals surface area contributed by atoms with E-state index in [1.54, 1.807) is 24.3 Å². The second kappa shape index (κ2) is 7.08. The van der Waals surface area contributed by atoms with Crippen LogP contribution in [-0.4, -0.2) is 11.7 Å². The highest BCUT2D eigenvalue weighted by Gasteiger charge is 2.07. The minimum Gasteiger partial charge on any atom is -0.399 e. The number of thioether (sulfide) groups is 1. The van der Waals surface area contributed by atoms with E-state index >= 15 is 0 Å². The van der Waals surface area contributed by atoms with Crippen molar-refractivity contribution >= 4 is 29.0 Å². The number of nitrogens with two attached hydrogens (primary N) is 1. The maximum Gasteiger partial charge on any atom is 0.225 e.